The highest BCUT2D eigenvalue weighted by Gasteiger charge is 2.25. The van der Waals surface area contributed by atoms with Gasteiger partial charge >= 0.3 is 5.69 Å². The summed E-state index contributed by atoms with van der Waals surface area (Å²) in [6.45, 7) is 2.17. The van der Waals surface area contributed by atoms with Crippen LogP contribution in [0.1, 0.15) is 18.9 Å². The topological polar surface area (TPSA) is 78.7 Å². The lowest BCUT2D eigenvalue weighted by Gasteiger charge is -2.18. The molecule has 0 unspecified atom stereocenters. The summed E-state index contributed by atoms with van der Waals surface area (Å²) in [6.07, 6.45) is 0.823. The quantitative estimate of drug-likeness (QED) is 0.603. The van der Waals surface area contributed by atoms with Crippen molar-refractivity contribution in [2.24, 2.45) is 0 Å². The standard InChI is InChI=1S/C12H13NO5/c1-8(14)2-3-9-6-10(13(15)16)12-11(7-9)17-4-5-18-12/h6-7H,2-5H2,1H3. The fourth-order valence-electron chi connectivity index (χ4n) is 1.79. The van der Waals surface area contributed by atoms with Gasteiger partial charge in [0.05, 0.1) is 4.92 Å². The number of benzene rings is 1. The average molecular weight is 251 g/mol. The van der Waals surface area contributed by atoms with Gasteiger partial charge in [-0.1, -0.05) is 0 Å². The summed E-state index contributed by atoms with van der Waals surface area (Å²) in [5.74, 6) is 0.611. The van der Waals surface area contributed by atoms with Gasteiger partial charge in [0.15, 0.2) is 5.75 Å². The molecule has 6 heteroatoms. The van der Waals surface area contributed by atoms with Gasteiger partial charge < -0.3 is 14.3 Å². The van der Waals surface area contributed by atoms with Crippen LogP contribution in [0.2, 0.25) is 0 Å². The first kappa shape index (κ1) is 12.3. The van der Waals surface area contributed by atoms with Gasteiger partial charge in [-0.15, -0.1) is 0 Å². The number of carbonyl (C=O) groups is 1. The van der Waals surface area contributed by atoms with Crippen LogP contribution in [0.3, 0.4) is 0 Å². The number of hydrogen-bond acceptors (Lipinski definition) is 5. The molecule has 0 N–H and O–H groups in total. The summed E-state index contributed by atoms with van der Waals surface area (Å²) in [7, 11) is 0. The zero-order valence-electron chi connectivity index (χ0n) is 9.97. The monoisotopic (exact) mass is 251 g/mol. The number of aryl methyl sites for hydroxylation is 1. The van der Waals surface area contributed by atoms with Crippen molar-refractivity contribution < 1.29 is 19.2 Å². The minimum absolute atomic E-state index is 0.0487. The summed E-state index contributed by atoms with van der Waals surface area (Å²) in [5, 5.41) is 11.0. The largest absolute Gasteiger partial charge is 0.486 e. The molecule has 96 valence electrons. The van der Waals surface area contributed by atoms with Crippen LogP contribution in [0.15, 0.2) is 12.1 Å². The van der Waals surface area contributed by atoms with Crippen molar-refractivity contribution in [3.05, 3.63) is 27.8 Å². The van der Waals surface area contributed by atoms with E-state index in [1.54, 1.807) is 6.07 Å². The second kappa shape index (κ2) is 5.03. The van der Waals surface area contributed by atoms with Gasteiger partial charge in [-0.2, -0.15) is 0 Å². The predicted octanol–water partition coefficient (Wildman–Crippen LogP) is 1.89. The Labute approximate surface area is 104 Å². The van der Waals surface area contributed by atoms with E-state index < -0.39 is 4.92 Å². The van der Waals surface area contributed by atoms with Crippen molar-refractivity contribution in [1.29, 1.82) is 0 Å². The summed E-state index contributed by atoms with van der Waals surface area (Å²) in [4.78, 5) is 21.4. The second-order valence-electron chi connectivity index (χ2n) is 4.10. The molecule has 0 saturated carbocycles. The molecular weight excluding hydrogens is 238 g/mol. The van der Waals surface area contributed by atoms with E-state index in [-0.39, 0.29) is 17.2 Å². The molecule has 1 aliphatic heterocycles. The van der Waals surface area contributed by atoms with E-state index in [1.807, 2.05) is 0 Å². The predicted molar refractivity (Wildman–Crippen MR) is 63.1 cm³/mol. The van der Waals surface area contributed by atoms with E-state index >= 15 is 0 Å². The van der Waals surface area contributed by atoms with Crippen LogP contribution in [0, 0.1) is 10.1 Å². The van der Waals surface area contributed by atoms with Gasteiger partial charge in [-0.3, -0.25) is 10.1 Å². The van der Waals surface area contributed by atoms with Crippen molar-refractivity contribution >= 4 is 11.5 Å². The van der Waals surface area contributed by atoms with Gasteiger partial charge in [-0.05, 0) is 25.0 Å². The van der Waals surface area contributed by atoms with Crippen molar-refractivity contribution in [3.8, 4) is 11.5 Å². The molecule has 0 amide bonds. The van der Waals surface area contributed by atoms with Crippen LogP contribution in [0.4, 0.5) is 5.69 Å². The number of fused-ring (bicyclic) bond motifs is 1. The van der Waals surface area contributed by atoms with Gasteiger partial charge in [0, 0.05) is 12.5 Å². The van der Waals surface area contributed by atoms with E-state index in [4.69, 9.17) is 9.47 Å². The zero-order valence-corrected chi connectivity index (χ0v) is 9.97. The molecule has 0 radical (unpaired) electrons. The minimum atomic E-state index is -0.495. The van der Waals surface area contributed by atoms with E-state index in [1.165, 1.54) is 13.0 Å². The lowest BCUT2D eigenvalue weighted by molar-refractivity contribution is -0.386. The number of rotatable bonds is 4. The molecule has 0 aliphatic carbocycles. The molecule has 18 heavy (non-hydrogen) atoms. The fourth-order valence-corrected chi connectivity index (χ4v) is 1.79. The molecule has 0 aromatic heterocycles. The fraction of sp³-hybridized carbons (Fsp3) is 0.417. The van der Waals surface area contributed by atoms with Crippen molar-refractivity contribution in [1.82, 2.24) is 0 Å². The molecule has 1 aromatic carbocycles. The molecule has 0 bridgehead atoms. The van der Waals surface area contributed by atoms with Crippen molar-refractivity contribution in [2.45, 2.75) is 19.8 Å². The third kappa shape index (κ3) is 2.58. The molecule has 1 aliphatic rings. The lowest BCUT2D eigenvalue weighted by atomic mass is 10.1. The first-order valence-corrected chi connectivity index (χ1v) is 5.64. The average Bonchev–Trinajstić information content (AvgIpc) is 2.35. The number of ketones is 1. The molecule has 0 saturated heterocycles. The van der Waals surface area contributed by atoms with E-state index in [2.05, 4.69) is 0 Å². The highest BCUT2D eigenvalue weighted by molar-refractivity contribution is 5.75. The number of hydrogen-bond donors (Lipinski definition) is 0. The van der Waals surface area contributed by atoms with Crippen LogP contribution in [0.5, 0.6) is 11.5 Å². The van der Waals surface area contributed by atoms with Crippen LogP contribution in [-0.2, 0) is 11.2 Å². The maximum atomic E-state index is 11.0. The third-order valence-corrected chi connectivity index (χ3v) is 2.64. The summed E-state index contributed by atoms with van der Waals surface area (Å²) < 4.78 is 10.6. The zero-order chi connectivity index (χ0) is 13.1. The van der Waals surface area contributed by atoms with Gasteiger partial charge in [0.25, 0.3) is 0 Å². The SMILES string of the molecule is CC(=O)CCc1cc2c(c([N+](=O)[O-])c1)OCCO2. The Kier molecular flexibility index (Phi) is 3.45. The highest BCUT2D eigenvalue weighted by atomic mass is 16.6. The number of carbonyl (C=O) groups excluding carboxylic acids is 1. The Morgan fingerprint density at radius 3 is 2.78 bits per heavy atom. The summed E-state index contributed by atoms with van der Waals surface area (Å²) in [5.41, 5.74) is 0.604. The van der Waals surface area contributed by atoms with Crippen molar-refractivity contribution in [2.75, 3.05) is 13.2 Å². The first-order chi connectivity index (χ1) is 8.58. The molecule has 2 rings (SSSR count). The molecular formula is C12H13NO5. The lowest BCUT2D eigenvalue weighted by Crippen LogP contribution is -2.16. The highest BCUT2D eigenvalue weighted by Crippen LogP contribution is 2.40. The van der Waals surface area contributed by atoms with Crippen LogP contribution < -0.4 is 9.47 Å². The van der Waals surface area contributed by atoms with Crippen LogP contribution in [0.25, 0.3) is 0 Å². The minimum Gasteiger partial charge on any atom is -0.486 e. The molecule has 0 fully saturated rings. The summed E-state index contributed by atoms with van der Waals surface area (Å²) in [6, 6.07) is 3.14. The van der Waals surface area contributed by atoms with Gasteiger partial charge in [0.1, 0.15) is 19.0 Å². The second-order valence-corrected chi connectivity index (χ2v) is 4.10. The van der Waals surface area contributed by atoms with Crippen LogP contribution >= 0.6 is 0 Å². The maximum absolute atomic E-state index is 11.0. The molecule has 0 atom stereocenters. The van der Waals surface area contributed by atoms with Crippen LogP contribution in [-0.4, -0.2) is 23.9 Å². The number of Topliss-reactive ketones (excluding diaryl/α,β-unsaturated/α-hetero) is 1. The Morgan fingerprint density at radius 1 is 1.39 bits per heavy atom. The molecule has 1 heterocycles. The number of nitrogens with zero attached hydrogens (tertiary/aromatic N) is 1. The first-order valence-electron chi connectivity index (χ1n) is 5.64. The van der Waals surface area contributed by atoms with E-state index in [0.29, 0.717) is 37.4 Å². The maximum Gasteiger partial charge on any atom is 0.315 e. The summed E-state index contributed by atoms with van der Waals surface area (Å²) >= 11 is 0. The number of ether oxygens (including phenoxy) is 2. The van der Waals surface area contributed by atoms with Crippen molar-refractivity contribution in [3.63, 3.8) is 0 Å². The normalized spacial score (nSPS) is 13.2. The Balaban J connectivity index is 2.35. The Bertz CT molecular complexity index is 497. The Morgan fingerprint density at radius 2 is 2.11 bits per heavy atom. The Hall–Kier alpha value is -2.11. The van der Waals surface area contributed by atoms with E-state index in [9.17, 15) is 14.9 Å². The third-order valence-electron chi connectivity index (χ3n) is 2.64. The van der Waals surface area contributed by atoms with Gasteiger partial charge in [-0.25, -0.2) is 0 Å². The number of nitro groups is 1. The van der Waals surface area contributed by atoms with Gasteiger partial charge in [0.2, 0.25) is 5.75 Å². The smallest absolute Gasteiger partial charge is 0.315 e. The molecule has 0 spiro atoms. The van der Waals surface area contributed by atoms with E-state index in [0.717, 1.165) is 0 Å². The number of nitro benzene ring substituents is 1. The molecule has 6 nitrogen and oxygen atoms in total. The molecule has 1 aromatic rings.